The van der Waals surface area contributed by atoms with Gasteiger partial charge in [0.05, 0.1) is 16.3 Å². The van der Waals surface area contributed by atoms with Crippen molar-refractivity contribution >= 4 is 27.3 Å². The molecule has 0 spiro atoms. The lowest BCUT2D eigenvalue weighted by atomic mass is 10.1. The Bertz CT molecular complexity index is 1060. The molecule has 3 rings (SSSR count). The maximum Gasteiger partial charge on any atom is 0.213 e. The van der Waals surface area contributed by atoms with Gasteiger partial charge >= 0.3 is 0 Å². The van der Waals surface area contributed by atoms with Crippen molar-refractivity contribution in [2.24, 2.45) is 0 Å². The van der Waals surface area contributed by atoms with Crippen molar-refractivity contribution in [3.8, 4) is 6.07 Å². The van der Waals surface area contributed by atoms with Crippen molar-refractivity contribution in [3.63, 3.8) is 0 Å². The van der Waals surface area contributed by atoms with E-state index in [4.69, 9.17) is 16.9 Å². The van der Waals surface area contributed by atoms with Crippen LogP contribution in [0.4, 0.5) is 14.5 Å². The van der Waals surface area contributed by atoms with Gasteiger partial charge in [0.25, 0.3) is 0 Å². The van der Waals surface area contributed by atoms with Gasteiger partial charge in [-0.25, -0.2) is 17.2 Å². The third kappa shape index (κ3) is 4.53. The molecule has 0 unspecified atom stereocenters. The van der Waals surface area contributed by atoms with Crippen LogP contribution in [0.25, 0.3) is 0 Å². The Balaban J connectivity index is 1.97. The third-order valence-electron chi connectivity index (χ3n) is 5.10. The predicted octanol–water partition coefficient (Wildman–Crippen LogP) is 3.92. The highest BCUT2D eigenvalue weighted by atomic mass is 35.5. The molecule has 1 atom stereocenters. The number of benzene rings is 2. The number of hydrogen-bond donors (Lipinski definition) is 0. The van der Waals surface area contributed by atoms with E-state index in [2.05, 4.69) is 0 Å². The van der Waals surface area contributed by atoms with Crippen LogP contribution < -0.4 is 4.90 Å². The number of hydrogen-bond acceptors (Lipinski definition) is 4. The van der Waals surface area contributed by atoms with Gasteiger partial charge in [0, 0.05) is 36.9 Å². The lowest BCUT2D eigenvalue weighted by molar-refractivity contribution is 0.466. The highest BCUT2D eigenvalue weighted by Gasteiger charge is 2.34. The molecule has 2 aromatic carbocycles. The summed E-state index contributed by atoms with van der Waals surface area (Å²) in [6, 6.07) is 10.5. The van der Waals surface area contributed by atoms with Crippen molar-refractivity contribution in [3.05, 3.63) is 64.2 Å². The molecular formula is C20H20ClF2N3O2S. The Kier molecular flexibility index (Phi) is 6.42. The number of anilines is 1. The molecule has 0 bridgehead atoms. The van der Waals surface area contributed by atoms with Crippen molar-refractivity contribution in [1.29, 1.82) is 5.26 Å². The highest BCUT2D eigenvalue weighted by molar-refractivity contribution is 7.89. The van der Waals surface area contributed by atoms with Crippen LogP contribution in [0.5, 0.6) is 0 Å². The Labute approximate surface area is 174 Å². The van der Waals surface area contributed by atoms with Crippen LogP contribution >= 0.6 is 11.6 Å². The smallest absolute Gasteiger partial charge is 0.213 e. The molecule has 0 saturated carbocycles. The van der Waals surface area contributed by atoms with E-state index >= 15 is 0 Å². The zero-order valence-electron chi connectivity index (χ0n) is 15.8. The van der Waals surface area contributed by atoms with Crippen molar-refractivity contribution in [1.82, 2.24) is 4.31 Å². The standard InChI is InChI=1S/C20H20ClF2N3O2S/c1-2-29(27,28)25-9-8-17(13-25)26(12-15-4-3-5-19(22)20(15)23)16-7-6-14(11-24)18(21)10-16/h3-7,10,17H,2,8-9,12-13H2,1H3/t17-/m0/s1. The molecule has 5 nitrogen and oxygen atoms in total. The summed E-state index contributed by atoms with van der Waals surface area (Å²) >= 11 is 6.17. The largest absolute Gasteiger partial charge is 0.363 e. The molecule has 1 aliphatic heterocycles. The maximum atomic E-state index is 14.3. The van der Waals surface area contributed by atoms with E-state index < -0.39 is 21.7 Å². The summed E-state index contributed by atoms with van der Waals surface area (Å²) in [6.07, 6.45) is 0.536. The Hall–Kier alpha value is -2.21. The topological polar surface area (TPSA) is 64.4 Å². The first kappa shape index (κ1) is 21.5. The summed E-state index contributed by atoms with van der Waals surface area (Å²) in [5.41, 5.74) is 1.06. The molecule has 0 aromatic heterocycles. The van der Waals surface area contributed by atoms with E-state index in [1.807, 2.05) is 11.0 Å². The SMILES string of the molecule is CCS(=O)(=O)N1CC[C@H](N(Cc2cccc(F)c2F)c2ccc(C#N)c(Cl)c2)C1. The van der Waals surface area contributed by atoms with Gasteiger partial charge in [-0.1, -0.05) is 23.7 Å². The van der Waals surface area contributed by atoms with Gasteiger partial charge in [0.1, 0.15) is 6.07 Å². The fraction of sp³-hybridized carbons (Fsp3) is 0.350. The summed E-state index contributed by atoms with van der Waals surface area (Å²) in [7, 11) is -3.35. The Morgan fingerprint density at radius 2 is 2.07 bits per heavy atom. The molecule has 1 heterocycles. The summed E-state index contributed by atoms with van der Waals surface area (Å²) in [5, 5.41) is 9.34. The lowest BCUT2D eigenvalue weighted by Crippen LogP contribution is -2.39. The third-order valence-corrected chi connectivity index (χ3v) is 7.26. The molecule has 0 radical (unpaired) electrons. The van der Waals surface area contributed by atoms with Gasteiger partial charge in [-0.3, -0.25) is 0 Å². The first-order valence-electron chi connectivity index (χ1n) is 9.13. The molecule has 1 saturated heterocycles. The summed E-state index contributed by atoms with van der Waals surface area (Å²) in [4.78, 5) is 1.82. The zero-order valence-corrected chi connectivity index (χ0v) is 17.3. The fourth-order valence-electron chi connectivity index (χ4n) is 3.46. The van der Waals surface area contributed by atoms with E-state index in [-0.39, 0.29) is 35.5 Å². The quantitative estimate of drug-likeness (QED) is 0.684. The van der Waals surface area contributed by atoms with E-state index in [0.29, 0.717) is 24.2 Å². The number of sulfonamides is 1. The van der Waals surface area contributed by atoms with Crippen molar-refractivity contribution in [2.45, 2.75) is 25.9 Å². The van der Waals surface area contributed by atoms with Crippen molar-refractivity contribution in [2.75, 3.05) is 23.7 Å². The van der Waals surface area contributed by atoms with Crippen LogP contribution in [-0.2, 0) is 16.6 Å². The second-order valence-corrected chi connectivity index (χ2v) is 9.48. The monoisotopic (exact) mass is 439 g/mol. The Morgan fingerprint density at radius 3 is 2.72 bits per heavy atom. The molecular weight excluding hydrogens is 420 g/mol. The van der Waals surface area contributed by atoms with Crippen LogP contribution in [0.2, 0.25) is 5.02 Å². The van der Waals surface area contributed by atoms with E-state index in [0.717, 1.165) is 6.07 Å². The van der Waals surface area contributed by atoms with Crippen LogP contribution in [0.1, 0.15) is 24.5 Å². The molecule has 1 fully saturated rings. The van der Waals surface area contributed by atoms with Crippen molar-refractivity contribution < 1.29 is 17.2 Å². The second kappa shape index (κ2) is 8.66. The minimum atomic E-state index is -3.35. The number of nitrogens with zero attached hydrogens (tertiary/aromatic N) is 3. The summed E-state index contributed by atoms with van der Waals surface area (Å²) < 4.78 is 53.9. The van der Waals surface area contributed by atoms with Gasteiger partial charge in [0.15, 0.2) is 11.6 Å². The first-order valence-corrected chi connectivity index (χ1v) is 11.1. The van der Waals surface area contributed by atoms with Gasteiger partial charge in [-0.15, -0.1) is 0 Å². The first-order chi connectivity index (χ1) is 13.8. The lowest BCUT2D eigenvalue weighted by Gasteiger charge is -2.32. The predicted molar refractivity (Wildman–Crippen MR) is 108 cm³/mol. The fourth-order valence-corrected chi connectivity index (χ4v) is 4.82. The molecule has 2 aromatic rings. The van der Waals surface area contributed by atoms with Crippen LogP contribution in [0, 0.1) is 23.0 Å². The minimum absolute atomic E-state index is 0.000932. The average Bonchev–Trinajstić information content (AvgIpc) is 3.20. The molecule has 29 heavy (non-hydrogen) atoms. The van der Waals surface area contributed by atoms with Gasteiger partial charge in [-0.05, 0) is 37.6 Å². The molecule has 1 aliphatic rings. The van der Waals surface area contributed by atoms with Gasteiger partial charge < -0.3 is 4.90 Å². The number of halogens is 3. The van der Waals surface area contributed by atoms with Crippen LogP contribution in [0.3, 0.4) is 0 Å². The number of rotatable bonds is 6. The second-order valence-electron chi connectivity index (χ2n) is 6.82. The van der Waals surface area contributed by atoms with E-state index in [1.54, 1.807) is 25.1 Å². The normalized spacial score (nSPS) is 17.3. The molecule has 9 heteroatoms. The summed E-state index contributed by atoms with van der Waals surface area (Å²) in [6.45, 7) is 2.22. The zero-order chi connectivity index (χ0) is 21.2. The van der Waals surface area contributed by atoms with Crippen LogP contribution in [-0.4, -0.2) is 37.6 Å². The number of nitriles is 1. The van der Waals surface area contributed by atoms with E-state index in [1.165, 1.54) is 16.4 Å². The highest BCUT2D eigenvalue weighted by Crippen LogP contribution is 2.30. The van der Waals surface area contributed by atoms with E-state index in [9.17, 15) is 17.2 Å². The molecule has 154 valence electrons. The van der Waals surface area contributed by atoms with Crippen LogP contribution in [0.15, 0.2) is 36.4 Å². The van der Waals surface area contributed by atoms with Gasteiger partial charge in [0.2, 0.25) is 10.0 Å². The summed E-state index contributed by atoms with van der Waals surface area (Å²) in [5.74, 6) is -1.88. The molecule has 0 N–H and O–H groups in total. The molecule has 0 aliphatic carbocycles. The van der Waals surface area contributed by atoms with Gasteiger partial charge in [-0.2, -0.15) is 9.57 Å². The maximum absolute atomic E-state index is 14.3. The Morgan fingerprint density at radius 1 is 1.31 bits per heavy atom. The molecule has 0 amide bonds. The average molecular weight is 440 g/mol. The minimum Gasteiger partial charge on any atom is -0.363 e.